The molecule has 1 aliphatic heterocycles. The Morgan fingerprint density at radius 3 is 2.47 bits per heavy atom. The van der Waals surface area contributed by atoms with Crippen molar-refractivity contribution in [2.75, 3.05) is 18.4 Å². The smallest absolute Gasteiger partial charge is 0.226 e. The van der Waals surface area contributed by atoms with Gasteiger partial charge in [-0.25, -0.2) is 0 Å². The number of nitrogens with zero attached hydrogens (tertiary/aromatic N) is 2. The Morgan fingerprint density at radius 1 is 0.944 bits per heavy atom. The Balaban J connectivity index is 1.26. The van der Waals surface area contributed by atoms with Gasteiger partial charge in [-0.3, -0.25) is 9.69 Å². The van der Waals surface area contributed by atoms with Gasteiger partial charge in [0.05, 0.1) is 5.52 Å². The van der Waals surface area contributed by atoms with Gasteiger partial charge in [-0.2, -0.15) is 0 Å². The topological polar surface area (TPSA) is 37.3 Å². The molecule has 1 N–H and O–H groups in total. The summed E-state index contributed by atoms with van der Waals surface area (Å²) in [5.74, 6) is 0.598. The second-order valence-electron chi connectivity index (χ2n) is 10.6. The maximum atomic E-state index is 12.1. The molecule has 0 radical (unpaired) electrons. The summed E-state index contributed by atoms with van der Waals surface area (Å²) in [6, 6.07) is 24.1. The number of likely N-dealkylation sites (tertiary alicyclic amines) is 1. The van der Waals surface area contributed by atoms with Crippen molar-refractivity contribution in [3.8, 4) is 5.69 Å². The summed E-state index contributed by atoms with van der Waals surface area (Å²) >= 11 is 0. The molecule has 0 atom stereocenters. The molecule has 5 rings (SSSR count). The Hall–Kier alpha value is -3.37. The average molecular weight is 480 g/mol. The van der Waals surface area contributed by atoms with E-state index in [1.807, 2.05) is 19.9 Å². The van der Waals surface area contributed by atoms with Gasteiger partial charge in [-0.15, -0.1) is 0 Å². The number of hydrogen-bond acceptors (Lipinski definition) is 2. The van der Waals surface area contributed by atoms with Crippen LogP contribution < -0.4 is 5.32 Å². The number of carbonyl (C=O) groups excluding carboxylic acids is 1. The molecule has 4 aromatic rings. The highest BCUT2D eigenvalue weighted by molar-refractivity contribution is 5.92. The van der Waals surface area contributed by atoms with E-state index in [4.69, 9.17) is 0 Å². The van der Waals surface area contributed by atoms with Crippen molar-refractivity contribution in [1.29, 1.82) is 0 Å². The summed E-state index contributed by atoms with van der Waals surface area (Å²) in [5, 5.41) is 4.39. The van der Waals surface area contributed by atoms with Crippen molar-refractivity contribution >= 4 is 22.5 Å². The van der Waals surface area contributed by atoms with Crippen LogP contribution in [0.3, 0.4) is 0 Å². The Kier molecular flexibility index (Phi) is 6.97. The zero-order valence-electron chi connectivity index (χ0n) is 21.9. The normalized spacial score (nSPS) is 15.0. The van der Waals surface area contributed by atoms with E-state index < -0.39 is 0 Å². The van der Waals surface area contributed by atoms with Gasteiger partial charge in [0.2, 0.25) is 5.91 Å². The predicted molar refractivity (Wildman–Crippen MR) is 150 cm³/mol. The molecule has 1 saturated heterocycles. The van der Waals surface area contributed by atoms with Gasteiger partial charge in [-0.1, -0.05) is 44.2 Å². The fraction of sp³-hybridized carbons (Fsp3) is 0.344. The molecule has 3 aromatic carbocycles. The number of hydrogen-bond donors (Lipinski definition) is 1. The minimum absolute atomic E-state index is 0.0146. The van der Waals surface area contributed by atoms with Crippen molar-refractivity contribution in [3.63, 3.8) is 0 Å². The molecule has 0 saturated carbocycles. The van der Waals surface area contributed by atoms with Gasteiger partial charge >= 0.3 is 0 Å². The highest BCUT2D eigenvalue weighted by Gasteiger charge is 2.22. The maximum absolute atomic E-state index is 12.1. The standard InChI is InChI=1S/C32H37N3O/c1-22(2)32(36)33-28-9-5-7-26(20-28)25-13-16-34(17-14-25)21-27-8-6-10-31-30(27)15-18-35(31)29-12-11-23(3)24(4)19-29/h5-12,15,18-20,22,25H,13-14,16-17,21H2,1-4H3,(H,33,36). The predicted octanol–water partition coefficient (Wildman–Crippen LogP) is 7.22. The lowest BCUT2D eigenvalue weighted by molar-refractivity contribution is -0.118. The van der Waals surface area contributed by atoms with E-state index in [2.05, 4.69) is 95.5 Å². The summed E-state index contributed by atoms with van der Waals surface area (Å²) < 4.78 is 2.31. The Morgan fingerprint density at radius 2 is 1.72 bits per heavy atom. The third-order valence-electron chi connectivity index (χ3n) is 7.72. The summed E-state index contributed by atoms with van der Waals surface area (Å²) in [5.41, 5.74) is 8.78. The Labute approximate surface area is 214 Å². The number of benzene rings is 3. The first-order valence-electron chi connectivity index (χ1n) is 13.2. The van der Waals surface area contributed by atoms with Crippen molar-refractivity contribution in [1.82, 2.24) is 9.47 Å². The Bertz CT molecular complexity index is 1380. The third kappa shape index (κ3) is 5.10. The summed E-state index contributed by atoms with van der Waals surface area (Å²) in [6.45, 7) is 11.3. The van der Waals surface area contributed by atoms with Crippen LogP contribution in [0.15, 0.2) is 72.9 Å². The second-order valence-corrected chi connectivity index (χ2v) is 10.6. The van der Waals surface area contributed by atoms with Crippen LogP contribution in [0, 0.1) is 19.8 Å². The summed E-state index contributed by atoms with van der Waals surface area (Å²) in [6.07, 6.45) is 4.48. The molecule has 186 valence electrons. The molecule has 4 nitrogen and oxygen atoms in total. The lowest BCUT2D eigenvalue weighted by Crippen LogP contribution is -2.32. The van der Waals surface area contributed by atoms with Crippen molar-refractivity contribution < 1.29 is 4.79 Å². The van der Waals surface area contributed by atoms with E-state index in [9.17, 15) is 4.79 Å². The molecule has 1 fully saturated rings. The van der Waals surface area contributed by atoms with Gasteiger partial charge in [0.15, 0.2) is 0 Å². The number of anilines is 1. The first kappa shape index (κ1) is 24.3. The van der Waals surface area contributed by atoms with E-state index in [0.717, 1.165) is 38.2 Å². The second kappa shape index (κ2) is 10.3. The molecule has 1 amide bonds. The van der Waals surface area contributed by atoms with Crippen LogP contribution >= 0.6 is 0 Å². The quantitative estimate of drug-likeness (QED) is 0.317. The number of aromatic nitrogens is 1. The lowest BCUT2D eigenvalue weighted by atomic mass is 9.89. The highest BCUT2D eigenvalue weighted by Crippen LogP contribution is 2.32. The van der Waals surface area contributed by atoms with E-state index in [1.54, 1.807) is 0 Å². The molecular weight excluding hydrogens is 442 g/mol. The van der Waals surface area contributed by atoms with E-state index >= 15 is 0 Å². The molecule has 0 unspecified atom stereocenters. The van der Waals surface area contributed by atoms with Crippen LogP contribution in [0.25, 0.3) is 16.6 Å². The number of rotatable bonds is 6. The minimum Gasteiger partial charge on any atom is -0.326 e. The fourth-order valence-electron chi connectivity index (χ4n) is 5.29. The number of nitrogens with one attached hydrogen (secondary N) is 1. The molecule has 1 aromatic heterocycles. The monoisotopic (exact) mass is 479 g/mol. The molecular formula is C32H37N3O. The van der Waals surface area contributed by atoms with Gasteiger partial charge in [0, 0.05) is 35.4 Å². The van der Waals surface area contributed by atoms with Crippen LogP contribution in [0.4, 0.5) is 5.69 Å². The van der Waals surface area contributed by atoms with Crippen LogP contribution in [0.2, 0.25) is 0 Å². The zero-order valence-corrected chi connectivity index (χ0v) is 21.9. The molecule has 0 spiro atoms. The number of carbonyl (C=O) groups is 1. The summed E-state index contributed by atoms with van der Waals surface area (Å²) in [7, 11) is 0. The van der Waals surface area contributed by atoms with Crippen LogP contribution in [-0.2, 0) is 11.3 Å². The lowest BCUT2D eigenvalue weighted by Gasteiger charge is -2.32. The first-order chi connectivity index (χ1) is 17.4. The maximum Gasteiger partial charge on any atom is 0.226 e. The fourth-order valence-corrected chi connectivity index (χ4v) is 5.29. The van der Waals surface area contributed by atoms with Crippen molar-refractivity contribution in [2.24, 2.45) is 5.92 Å². The molecule has 0 aliphatic carbocycles. The van der Waals surface area contributed by atoms with Crippen molar-refractivity contribution in [3.05, 3.63) is 95.2 Å². The molecule has 4 heteroatoms. The van der Waals surface area contributed by atoms with Crippen LogP contribution in [0.1, 0.15) is 54.9 Å². The minimum atomic E-state index is -0.0146. The largest absolute Gasteiger partial charge is 0.326 e. The number of aryl methyl sites for hydroxylation is 2. The number of piperidine rings is 1. The average Bonchev–Trinajstić information content (AvgIpc) is 3.31. The molecule has 1 aliphatic rings. The van der Waals surface area contributed by atoms with E-state index in [-0.39, 0.29) is 11.8 Å². The third-order valence-corrected chi connectivity index (χ3v) is 7.72. The van der Waals surface area contributed by atoms with Gasteiger partial charge < -0.3 is 9.88 Å². The van der Waals surface area contributed by atoms with Gasteiger partial charge in [0.1, 0.15) is 0 Å². The van der Waals surface area contributed by atoms with E-state index in [0.29, 0.717) is 5.92 Å². The van der Waals surface area contributed by atoms with Crippen molar-refractivity contribution in [2.45, 2.75) is 53.0 Å². The van der Waals surface area contributed by atoms with Gasteiger partial charge in [-0.05, 0) is 104 Å². The SMILES string of the molecule is Cc1ccc(-n2ccc3c(CN4CCC(c5cccc(NC(=O)C(C)C)c5)CC4)cccc32)cc1C. The zero-order chi connectivity index (χ0) is 25.2. The number of fused-ring (bicyclic) bond motifs is 1. The molecule has 2 heterocycles. The first-order valence-corrected chi connectivity index (χ1v) is 13.2. The molecule has 0 bridgehead atoms. The van der Waals surface area contributed by atoms with Crippen LogP contribution in [0.5, 0.6) is 0 Å². The highest BCUT2D eigenvalue weighted by atomic mass is 16.1. The van der Waals surface area contributed by atoms with Gasteiger partial charge in [0.25, 0.3) is 0 Å². The van der Waals surface area contributed by atoms with E-state index in [1.165, 1.54) is 38.8 Å². The summed E-state index contributed by atoms with van der Waals surface area (Å²) in [4.78, 5) is 14.7. The molecule has 36 heavy (non-hydrogen) atoms. The number of amides is 1. The van der Waals surface area contributed by atoms with Crippen LogP contribution in [-0.4, -0.2) is 28.5 Å².